The van der Waals surface area contributed by atoms with Gasteiger partial charge in [0.25, 0.3) is 5.91 Å². The number of nitrogens with one attached hydrogen (secondary N) is 1. The number of amides is 2. The van der Waals surface area contributed by atoms with E-state index >= 15 is 0 Å². The summed E-state index contributed by atoms with van der Waals surface area (Å²) in [5.74, 6) is 0.150. The van der Waals surface area contributed by atoms with E-state index in [0.717, 1.165) is 55.5 Å². The van der Waals surface area contributed by atoms with Gasteiger partial charge in [-0.15, -0.1) is 0 Å². The Kier molecular flexibility index (Phi) is 7.46. The van der Waals surface area contributed by atoms with Crippen LogP contribution < -0.4 is 5.32 Å². The molecule has 9 heteroatoms. The lowest BCUT2D eigenvalue weighted by Crippen LogP contribution is -2.30. The molecule has 40 heavy (non-hydrogen) atoms. The Hall–Kier alpha value is -4.24. The van der Waals surface area contributed by atoms with E-state index in [1.54, 1.807) is 6.07 Å². The van der Waals surface area contributed by atoms with E-state index in [2.05, 4.69) is 44.7 Å². The van der Waals surface area contributed by atoms with Crippen LogP contribution in [0, 0.1) is 0 Å². The number of hydrogen-bond donors (Lipinski definition) is 1. The fourth-order valence-electron chi connectivity index (χ4n) is 5.88. The third kappa shape index (κ3) is 5.42. The summed E-state index contributed by atoms with van der Waals surface area (Å²) < 4.78 is 7.55. The third-order valence-corrected chi connectivity index (χ3v) is 7.94. The number of hydrogen-bond acceptors (Lipinski definition) is 6. The molecule has 9 nitrogen and oxygen atoms in total. The Bertz CT molecular complexity index is 1520. The summed E-state index contributed by atoms with van der Waals surface area (Å²) in [6, 6.07) is 17.7. The Morgan fingerprint density at radius 2 is 1.82 bits per heavy atom. The van der Waals surface area contributed by atoms with Gasteiger partial charge in [-0.1, -0.05) is 48.1 Å². The number of carbonyl (C=O) groups excluding carboxylic acids is 2. The van der Waals surface area contributed by atoms with Crippen molar-refractivity contribution < 1.29 is 14.1 Å². The molecule has 2 aliphatic rings. The molecule has 0 unspecified atom stereocenters. The van der Waals surface area contributed by atoms with Gasteiger partial charge < -0.3 is 14.0 Å². The molecule has 0 spiro atoms. The minimum Gasteiger partial charge on any atom is -0.350 e. The van der Waals surface area contributed by atoms with Gasteiger partial charge >= 0.3 is 0 Å². The first-order valence-corrected chi connectivity index (χ1v) is 14.1. The number of fused-ring (bicyclic) bond motifs is 1. The van der Waals surface area contributed by atoms with Crippen molar-refractivity contribution >= 4 is 28.8 Å². The molecule has 0 radical (unpaired) electrons. The molecule has 1 N–H and O–H groups in total. The van der Waals surface area contributed by atoms with Crippen LogP contribution in [0.5, 0.6) is 0 Å². The second-order valence-electron chi connectivity index (χ2n) is 10.6. The fourth-order valence-corrected chi connectivity index (χ4v) is 5.88. The molecule has 206 valence electrons. The molecule has 6 rings (SSSR count). The quantitative estimate of drug-likeness (QED) is 0.322. The van der Waals surface area contributed by atoms with Crippen molar-refractivity contribution in [2.24, 2.45) is 0 Å². The van der Waals surface area contributed by atoms with Gasteiger partial charge in [-0.05, 0) is 69.0 Å². The number of rotatable bonds is 7. The van der Waals surface area contributed by atoms with E-state index in [9.17, 15) is 9.59 Å². The number of benzene rings is 2. The van der Waals surface area contributed by atoms with Crippen LogP contribution in [0.15, 0.2) is 71.8 Å². The normalized spacial score (nSPS) is 18.1. The van der Waals surface area contributed by atoms with Gasteiger partial charge in [-0.2, -0.15) is 0 Å². The SMILES string of the molecule is C=CC(=O)N1CCC[C@@H](n2c(NC(=O)c3cc(-c4ccccc4)no3)nc3cc(CN4CCCC4)ccc32)CC1. The van der Waals surface area contributed by atoms with Crippen molar-refractivity contribution in [1.82, 2.24) is 24.5 Å². The van der Waals surface area contributed by atoms with Crippen LogP contribution in [0.4, 0.5) is 5.95 Å². The zero-order valence-corrected chi connectivity index (χ0v) is 22.6. The molecule has 0 aliphatic carbocycles. The summed E-state index contributed by atoms with van der Waals surface area (Å²) in [5, 5.41) is 7.11. The highest BCUT2D eigenvalue weighted by Crippen LogP contribution is 2.32. The Labute approximate surface area is 233 Å². The molecule has 0 saturated carbocycles. The van der Waals surface area contributed by atoms with E-state index in [1.165, 1.54) is 24.5 Å². The van der Waals surface area contributed by atoms with Crippen LogP contribution in [-0.4, -0.2) is 62.5 Å². The number of anilines is 1. The Morgan fingerprint density at radius 1 is 1.00 bits per heavy atom. The van der Waals surface area contributed by atoms with Crippen molar-refractivity contribution in [2.75, 3.05) is 31.5 Å². The third-order valence-electron chi connectivity index (χ3n) is 7.94. The molecule has 2 aromatic carbocycles. The molecule has 4 aromatic rings. The minimum atomic E-state index is -0.402. The molecule has 2 saturated heterocycles. The van der Waals surface area contributed by atoms with Crippen LogP contribution in [-0.2, 0) is 11.3 Å². The lowest BCUT2D eigenvalue weighted by Gasteiger charge is -2.21. The monoisotopic (exact) mass is 538 g/mol. The second-order valence-corrected chi connectivity index (χ2v) is 10.6. The number of likely N-dealkylation sites (tertiary alicyclic amines) is 2. The van der Waals surface area contributed by atoms with Crippen molar-refractivity contribution in [2.45, 2.75) is 44.7 Å². The summed E-state index contributed by atoms with van der Waals surface area (Å²) in [5.41, 5.74) is 4.50. The maximum absolute atomic E-state index is 13.3. The van der Waals surface area contributed by atoms with Crippen molar-refractivity contribution in [3.05, 3.63) is 78.6 Å². The van der Waals surface area contributed by atoms with Gasteiger partial charge in [-0.25, -0.2) is 4.98 Å². The zero-order valence-electron chi connectivity index (χ0n) is 22.6. The second kappa shape index (κ2) is 11.5. The first-order valence-electron chi connectivity index (χ1n) is 14.1. The molecule has 2 fully saturated rings. The number of carbonyl (C=O) groups is 2. The lowest BCUT2D eigenvalue weighted by molar-refractivity contribution is -0.125. The lowest BCUT2D eigenvalue weighted by atomic mass is 10.1. The van der Waals surface area contributed by atoms with Crippen LogP contribution in [0.3, 0.4) is 0 Å². The van der Waals surface area contributed by atoms with Crippen molar-refractivity contribution in [3.63, 3.8) is 0 Å². The number of nitrogens with zero attached hydrogens (tertiary/aromatic N) is 5. The summed E-state index contributed by atoms with van der Waals surface area (Å²) in [7, 11) is 0. The molecular formula is C31H34N6O3. The van der Waals surface area contributed by atoms with Gasteiger partial charge in [0, 0.05) is 37.3 Å². The van der Waals surface area contributed by atoms with Gasteiger partial charge in [0.05, 0.1) is 11.0 Å². The average molecular weight is 539 g/mol. The van der Waals surface area contributed by atoms with E-state index in [-0.39, 0.29) is 17.7 Å². The van der Waals surface area contributed by atoms with E-state index in [0.29, 0.717) is 24.7 Å². The van der Waals surface area contributed by atoms with Gasteiger partial charge in [0.2, 0.25) is 17.6 Å². The highest BCUT2D eigenvalue weighted by molar-refractivity contribution is 6.02. The van der Waals surface area contributed by atoms with E-state index < -0.39 is 5.91 Å². The number of aromatic nitrogens is 3. The topological polar surface area (TPSA) is 96.5 Å². The predicted molar refractivity (Wildman–Crippen MR) is 154 cm³/mol. The zero-order chi connectivity index (χ0) is 27.5. The average Bonchev–Trinajstić information content (AvgIpc) is 3.71. The largest absolute Gasteiger partial charge is 0.350 e. The molecule has 2 aliphatic heterocycles. The molecule has 4 heterocycles. The molecule has 2 amide bonds. The Morgan fingerprint density at radius 3 is 2.62 bits per heavy atom. The first kappa shape index (κ1) is 26.0. The van der Waals surface area contributed by atoms with Crippen molar-refractivity contribution in [3.8, 4) is 11.3 Å². The van der Waals surface area contributed by atoms with E-state index in [4.69, 9.17) is 9.51 Å². The van der Waals surface area contributed by atoms with Gasteiger partial charge in [0.15, 0.2) is 0 Å². The van der Waals surface area contributed by atoms with E-state index in [1.807, 2.05) is 35.2 Å². The summed E-state index contributed by atoms with van der Waals surface area (Å²) in [6.45, 7) is 8.10. The first-order chi connectivity index (χ1) is 19.6. The molecule has 0 bridgehead atoms. The van der Waals surface area contributed by atoms with Crippen LogP contribution >= 0.6 is 0 Å². The predicted octanol–water partition coefficient (Wildman–Crippen LogP) is 5.28. The Balaban J connectivity index is 1.31. The van der Waals surface area contributed by atoms with Gasteiger partial charge in [-0.3, -0.25) is 19.8 Å². The molecular weight excluding hydrogens is 504 g/mol. The molecule has 1 atom stereocenters. The summed E-state index contributed by atoms with van der Waals surface area (Å²) in [6.07, 6.45) is 6.34. The maximum atomic E-state index is 13.3. The molecule has 2 aromatic heterocycles. The highest BCUT2D eigenvalue weighted by Gasteiger charge is 2.26. The fraction of sp³-hybridized carbons (Fsp3) is 0.355. The van der Waals surface area contributed by atoms with Gasteiger partial charge in [0.1, 0.15) is 5.69 Å². The highest BCUT2D eigenvalue weighted by atomic mass is 16.5. The van der Waals surface area contributed by atoms with Crippen LogP contribution in [0.25, 0.3) is 22.3 Å². The maximum Gasteiger partial charge on any atom is 0.296 e. The smallest absolute Gasteiger partial charge is 0.296 e. The van der Waals surface area contributed by atoms with Crippen molar-refractivity contribution in [1.29, 1.82) is 0 Å². The summed E-state index contributed by atoms with van der Waals surface area (Å²) >= 11 is 0. The van der Waals surface area contributed by atoms with Crippen LogP contribution in [0.1, 0.15) is 54.3 Å². The number of imidazole rings is 1. The minimum absolute atomic E-state index is 0.0456. The summed E-state index contributed by atoms with van der Waals surface area (Å²) in [4.78, 5) is 34.9. The standard InChI is InChI=1S/C31H34N6O3/c1-2-29(38)36-17-8-11-24(14-18-36)37-27-13-12-22(21-35-15-6-7-16-35)19-26(27)32-31(37)33-30(39)28-20-25(34-40-28)23-9-4-3-5-10-23/h2-5,9-10,12-13,19-20,24H,1,6-8,11,14-18,21H2,(H,32,33,39)/t24-/m1/s1. The van der Waals surface area contributed by atoms with Crippen LogP contribution in [0.2, 0.25) is 0 Å².